The molecule has 2 aromatic rings. The molecular formula is C20H19N3O4. The third kappa shape index (κ3) is 2.91. The highest BCUT2D eigenvalue weighted by molar-refractivity contribution is 6.21. The normalized spacial score (nSPS) is 19.3. The zero-order chi connectivity index (χ0) is 19.0. The van der Waals surface area contributed by atoms with E-state index in [0.29, 0.717) is 30.1 Å². The van der Waals surface area contributed by atoms with Gasteiger partial charge in [0, 0.05) is 24.7 Å². The zero-order valence-corrected chi connectivity index (χ0v) is 14.9. The van der Waals surface area contributed by atoms with Crippen molar-refractivity contribution >= 4 is 23.5 Å². The van der Waals surface area contributed by atoms with Gasteiger partial charge < -0.3 is 14.5 Å². The van der Waals surface area contributed by atoms with Gasteiger partial charge in [0.1, 0.15) is 11.8 Å². The van der Waals surface area contributed by atoms with E-state index in [9.17, 15) is 14.4 Å². The number of fused-ring (bicyclic) bond motifs is 1. The first kappa shape index (κ1) is 17.1. The predicted octanol–water partition coefficient (Wildman–Crippen LogP) is 1.99. The Morgan fingerprint density at radius 3 is 2.56 bits per heavy atom. The van der Waals surface area contributed by atoms with Gasteiger partial charge in [-0.25, -0.2) is 9.69 Å². The Morgan fingerprint density at radius 2 is 1.81 bits per heavy atom. The number of urea groups is 1. The number of rotatable bonds is 3. The molecular weight excluding hydrogens is 346 g/mol. The summed E-state index contributed by atoms with van der Waals surface area (Å²) >= 11 is 0. The van der Waals surface area contributed by atoms with Crippen LogP contribution in [0.2, 0.25) is 0 Å². The van der Waals surface area contributed by atoms with Gasteiger partial charge in [-0.1, -0.05) is 24.3 Å². The lowest BCUT2D eigenvalue weighted by Crippen LogP contribution is -2.54. The summed E-state index contributed by atoms with van der Waals surface area (Å²) in [5.74, 6) is 0.119. The summed E-state index contributed by atoms with van der Waals surface area (Å²) in [4.78, 5) is 42.8. The molecule has 27 heavy (non-hydrogen) atoms. The van der Waals surface area contributed by atoms with Crippen molar-refractivity contribution in [1.29, 1.82) is 0 Å². The van der Waals surface area contributed by atoms with Crippen LogP contribution in [0.4, 0.5) is 10.5 Å². The van der Waals surface area contributed by atoms with E-state index in [0.717, 1.165) is 0 Å². The van der Waals surface area contributed by atoms with Crippen molar-refractivity contribution in [3.05, 3.63) is 60.2 Å². The van der Waals surface area contributed by atoms with Crippen LogP contribution in [0.1, 0.15) is 10.4 Å². The van der Waals surface area contributed by atoms with Crippen LogP contribution in [0.15, 0.2) is 54.6 Å². The lowest BCUT2D eigenvalue weighted by molar-refractivity contribution is -0.120. The molecule has 7 heteroatoms. The molecule has 4 rings (SSSR count). The monoisotopic (exact) mass is 365 g/mol. The third-order valence-corrected chi connectivity index (χ3v) is 4.94. The second-order valence-corrected chi connectivity index (χ2v) is 6.48. The highest BCUT2D eigenvalue weighted by Crippen LogP contribution is 2.30. The summed E-state index contributed by atoms with van der Waals surface area (Å²) in [6.07, 6.45) is 0. The Hall–Kier alpha value is -3.35. The number of hydrogen-bond donors (Lipinski definition) is 0. The number of ether oxygens (including phenoxy) is 1. The molecule has 2 aromatic carbocycles. The minimum absolute atomic E-state index is 0.129. The largest absolute Gasteiger partial charge is 0.497 e. The summed E-state index contributed by atoms with van der Waals surface area (Å²) in [5.41, 5.74) is 1.05. The summed E-state index contributed by atoms with van der Waals surface area (Å²) < 4.78 is 5.19. The van der Waals surface area contributed by atoms with Crippen LogP contribution in [0.25, 0.3) is 0 Å². The average Bonchev–Trinajstić information content (AvgIpc) is 2.98. The fourth-order valence-corrected chi connectivity index (χ4v) is 3.53. The van der Waals surface area contributed by atoms with Crippen molar-refractivity contribution in [3.8, 4) is 5.75 Å². The highest BCUT2D eigenvalue weighted by Gasteiger charge is 2.49. The highest BCUT2D eigenvalue weighted by atomic mass is 16.5. The maximum atomic E-state index is 12.9. The van der Waals surface area contributed by atoms with Crippen molar-refractivity contribution in [2.45, 2.75) is 6.04 Å². The Labute approximate surface area is 156 Å². The molecule has 0 spiro atoms. The maximum Gasteiger partial charge on any atom is 0.332 e. The van der Waals surface area contributed by atoms with E-state index in [2.05, 4.69) is 0 Å². The minimum Gasteiger partial charge on any atom is -0.497 e. The van der Waals surface area contributed by atoms with Crippen molar-refractivity contribution in [1.82, 2.24) is 9.80 Å². The Kier molecular flexibility index (Phi) is 4.27. The molecule has 0 bridgehead atoms. The molecule has 0 radical (unpaired) electrons. The number of hydrogen-bond acceptors (Lipinski definition) is 4. The van der Waals surface area contributed by atoms with E-state index >= 15 is 0 Å². The first-order valence-corrected chi connectivity index (χ1v) is 8.73. The van der Waals surface area contributed by atoms with E-state index in [1.54, 1.807) is 53.4 Å². The lowest BCUT2D eigenvalue weighted by atomic mass is 10.1. The Balaban J connectivity index is 1.57. The second kappa shape index (κ2) is 6.75. The molecule has 2 aliphatic rings. The van der Waals surface area contributed by atoms with E-state index < -0.39 is 6.04 Å². The third-order valence-electron chi connectivity index (χ3n) is 4.94. The Bertz CT molecular complexity index is 899. The number of carbonyl (C=O) groups is 3. The average molecular weight is 365 g/mol. The summed E-state index contributed by atoms with van der Waals surface area (Å²) in [5, 5.41) is 0. The van der Waals surface area contributed by atoms with Crippen molar-refractivity contribution in [2.24, 2.45) is 0 Å². The van der Waals surface area contributed by atoms with Crippen molar-refractivity contribution in [3.63, 3.8) is 0 Å². The molecule has 2 fully saturated rings. The van der Waals surface area contributed by atoms with E-state index in [-0.39, 0.29) is 24.4 Å². The number of benzene rings is 2. The standard InChI is InChI=1S/C20H19N3O4/c1-27-16-9-5-8-15(12-16)23-19(25)17-13-21(10-11-22(17)20(23)26)18(24)14-6-3-2-4-7-14/h2-9,12,17H,10-11,13H2,1H3/t17-/m0/s1. The van der Waals surface area contributed by atoms with Gasteiger partial charge in [0.05, 0.1) is 19.3 Å². The molecule has 0 aliphatic carbocycles. The molecule has 0 unspecified atom stereocenters. The molecule has 7 nitrogen and oxygen atoms in total. The quantitative estimate of drug-likeness (QED) is 0.780. The van der Waals surface area contributed by atoms with Crippen LogP contribution < -0.4 is 9.64 Å². The van der Waals surface area contributed by atoms with Crippen molar-refractivity contribution < 1.29 is 19.1 Å². The maximum absolute atomic E-state index is 12.9. The summed E-state index contributed by atoms with van der Waals surface area (Å²) in [6.45, 7) is 0.919. The fraction of sp³-hybridized carbons (Fsp3) is 0.250. The van der Waals surface area contributed by atoms with Crippen LogP contribution in [0, 0.1) is 0 Å². The topological polar surface area (TPSA) is 70.2 Å². The number of imide groups is 1. The van der Waals surface area contributed by atoms with Crippen LogP contribution in [0.5, 0.6) is 5.75 Å². The molecule has 1 atom stereocenters. The molecule has 0 aromatic heterocycles. The van der Waals surface area contributed by atoms with Crippen LogP contribution in [0.3, 0.4) is 0 Å². The van der Waals surface area contributed by atoms with Gasteiger partial charge in [0.25, 0.3) is 11.8 Å². The minimum atomic E-state index is -0.662. The first-order chi connectivity index (χ1) is 13.1. The number of piperazine rings is 1. The van der Waals surface area contributed by atoms with Crippen LogP contribution >= 0.6 is 0 Å². The number of anilines is 1. The van der Waals surface area contributed by atoms with E-state index in [1.807, 2.05) is 6.07 Å². The van der Waals surface area contributed by atoms with Gasteiger partial charge in [-0.05, 0) is 24.3 Å². The van der Waals surface area contributed by atoms with Gasteiger partial charge in [0.2, 0.25) is 0 Å². The van der Waals surface area contributed by atoms with Gasteiger partial charge in [-0.3, -0.25) is 9.59 Å². The molecule has 4 amide bonds. The number of amides is 4. The fourth-order valence-electron chi connectivity index (χ4n) is 3.53. The van der Waals surface area contributed by atoms with Gasteiger partial charge >= 0.3 is 6.03 Å². The van der Waals surface area contributed by atoms with Gasteiger partial charge in [0.15, 0.2) is 0 Å². The van der Waals surface area contributed by atoms with Crippen LogP contribution in [-0.4, -0.2) is 60.4 Å². The molecule has 2 aliphatic heterocycles. The zero-order valence-electron chi connectivity index (χ0n) is 14.9. The number of methoxy groups -OCH3 is 1. The van der Waals surface area contributed by atoms with E-state index in [1.165, 1.54) is 16.9 Å². The Morgan fingerprint density at radius 1 is 1.04 bits per heavy atom. The second-order valence-electron chi connectivity index (χ2n) is 6.48. The SMILES string of the molecule is COc1cccc(N2C(=O)[C@@H]3CN(C(=O)c4ccccc4)CCN3C2=O)c1. The first-order valence-electron chi connectivity index (χ1n) is 8.73. The van der Waals surface area contributed by atoms with Crippen molar-refractivity contribution in [2.75, 3.05) is 31.6 Å². The molecule has 2 saturated heterocycles. The summed E-state index contributed by atoms with van der Waals surface area (Å²) in [6, 6.07) is 14.8. The van der Waals surface area contributed by atoms with Gasteiger partial charge in [-0.15, -0.1) is 0 Å². The van der Waals surface area contributed by atoms with Gasteiger partial charge in [-0.2, -0.15) is 0 Å². The molecule has 0 saturated carbocycles. The smallest absolute Gasteiger partial charge is 0.332 e. The lowest BCUT2D eigenvalue weighted by Gasteiger charge is -2.35. The summed E-state index contributed by atoms with van der Waals surface area (Å²) in [7, 11) is 1.53. The molecule has 2 heterocycles. The molecule has 138 valence electrons. The molecule has 0 N–H and O–H groups in total. The van der Waals surface area contributed by atoms with E-state index in [4.69, 9.17) is 4.74 Å². The predicted molar refractivity (Wildman–Crippen MR) is 98.7 cm³/mol. The number of nitrogens with zero attached hydrogens (tertiary/aromatic N) is 3. The van der Waals surface area contributed by atoms with Crippen LogP contribution in [-0.2, 0) is 4.79 Å². The number of carbonyl (C=O) groups excluding carboxylic acids is 3.